The van der Waals surface area contributed by atoms with Crippen LogP contribution in [0.1, 0.15) is 40.7 Å². The summed E-state index contributed by atoms with van der Waals surface area (Å²) in [7, 11) is 1.75. The fourth-order valence-corrected chi connectivity index (χ4v) is 3.89. The second kappa shape index (κ2) is 10.2. The summed E-state index contributed by atoms with van der Waals surface area (Å²) < 4.78 is 5.51. The van der Waals surface area contributed by atoms with E-state index in [2.05, 4.69) is 40.3 Å². The highest BCUT2D eigenvalue weighted by molar-refractivity contribution is 5.93. The molecule has 2 aromatic rings. The Kier molecular flexibility index (Phi) is 7.43. The molecule has 1 fully saturated rings. The second-order valence-electron chi connectivity index (χ2n) is 7.64. The summed E-state index contributed by atoms with van der Waals surface area (Å²) in [5.74, 6) is 1.73. The predicted octanol–water partition coefficient (Wildman–Crippen LogP) is 3.47. The summed E-state index contributed by atoms with van der Waals surface area (Å²) in [4.78, 5) is 18.5. The van der Waals surface area contributed by atoms with Gasteiger partial charge in [-0.05, 0) is 75.4 Å². The highest BCUT2D eigenvalue weighted by Gasteiger charge is 2.19. The van der Waals surface area contributed by atoms with Crippen LogP contribution in [0.3, 0.4) is 0 Å². The Morgan fingerprint density at radius 1 is 1.29 bits per heavy atom. The number of ether oxygens (including phenoxy) is 1. The van der Waals surface area contributed by atoms with Crippen LogP contribution in [-0.2, 0) is 6.42 Å². The van der Waals surface area contributed by atoms with Gasteiger partial charge >= 0.3 is 0 Å². The molecule has 0 unspecified atom stereocenters. The molecule has 0 radical (unpaired) electrons. The quantitative estimate of drug-likeness (QED) is 0.761. The lowest BCUT2D eigenvalue weighted by atomic mass is 9.90. The number of amides is 1. The first kappa shape index (κ1) is 20.3. The molecule has 3 rings (SSSR count). The van der Waals surface area contributed by atoms with Gasteiger partial charge in [-0.2, -0.15) is 0 Å². The highest BCUT2D eigenvalue weighted by atomic mass is 16.5. The number of aromatic nitrogens is 1. The van der Waals surface area contributed by atoms with Crippen molar-refractivity contribution in [1.29, 1.82) is 0 Å². The third-order valence-electron chi connectivity index (χ3n) is 5.60. The topological polar surface area (TPSA) is 54.5 Å². The molecule has 0 saturated carbocycles. The van der Waals surface area contributed by atoms with Gasteiger partial charge in [0.05, 0.1) is 12.7 Å². The van der Waals surface area contributed by atoms with Crippen molar-refractivity contribution in [3.05, 3.63) is 59.4 Å². The molecule has 0 atom stereocenters. The van der Waals surface area contributed by atoms with Gasteiger partial charge in [-0.15, -0.1) is 0 Å². The molecule has 1 N–H and O–H groups in total. The Morgan fingerprint density at radius 3 is 2.82 bits per heavy atom. The lowest BCUT2D eigenvalue weighted by Gasteiger charge is -2.32. The van der Waals surface area contributed by atoms with E-state index in [4.69, 9.17) is 4.74 Å². The van der Waals surface area contributed by atoms with E-state index in [0.29, 0.717) is 12.1 Å². The van der Waals surface area contributed by atoms with Crippen LogP contribution >= 0.6 is 0 Å². The van der Waals surface area contributed by atoms with Crippen LogP contribution in [0.4, 0.5) is 0 Å². The number of carbonyl (C=O) groups is 1. The molecule has 28 heavy (non-hydrogen) atoms. The monoisotopic (exact) mass is 381 g/mol. The zero-order valence-corrected chi connectivity index (χ0v) is 17.0. The zero-order chi connectivity index (χ0) is 19.8. The fourth-order valence-electron chi connectivity index (χ4n) is 3.89. The Balaban J connectivity index is 1.36. The van der Waals surface area contributed by atoms with Crippen LogP contribution in [0, 0.1) is 12.8 Å². The molecule has 0 spiro atoms. The fraction of sp³-hybridized carbons (Fsp3) is 0.478. The first-order valence-electron chi connectivity index (χ1n) is 10.2. The molecule has 0 aliphatic carbocycles. The van der Waals surface area contributed by atoms with Crippen LogP contribution in [0.5, 0.6) is 5.75 Å². The van der Waals surface area contributed by atoms with Gasteiger partial charge in [0.2, 0.25) is 0 Å². The number of piperidine rings is 1. The number of nitrogens with one attached hydrogen (secondary N) is 1. The molecule has 5 nitrogen and oxygen atoms in total. The molecular formula is C23H31N3O2. The number of rotatable bonds is 8. The van der Waals surface area contributed by atoms with E-state index < -0.39 is 0 Å². The molecule has 1 amide bonds. The molecule has 1 aliphatic rings. The van der Waals surface area contributed by atoms with Crippen LogP contribution in [0.2, 0.25) is 0 Å². The van der Waals surface area contributed by atoms with E-state index >= 15 is 0 Å². The number of methoxy groups -OCH3 is 1. The summed E-state index contributed by atoms with van der Waals surface area (Å²) in [5.41, 5.74) is 3.23. The third kappa shape index (κ3) is 5.80. The Labute approximate surface area is 168 Å². The molecule has 2 heterocycles. The van der Waals surface area contributed by atoms with Crippen molar-refractivity contribution in [2.45, 2.75) is 32.6 Å². The summed E-state index contributed by atoms with van der Waals surface area (Å²) in [6, 6.07) is 10.0. The van der Waals surface area contributed by atoms with Crippen LogP contribution in [-0.4, -0.2) is 49.1 Å². The van der Waals surface area contributed by atoms with E-state index in [0.717, 1.165) is 37.7 Å². The maximum atomic E-state index is 12.1. The number of benzene rings is 1. The molecule has 0 bridgehead atoms. The number of aryl methyl sites for hydroxylation is 2. The van der Waals surface area contributed by atoms with Crippen LogP contribution < -0.4 is 10.1 Å². The lowest BCUT2D eigenvalue weighted by Crippen LogP contribution is -2.39. The molecule has 1 saturated heterocycles. The van der Waals surface area contributed by atoms with Gasteiger partial charge in [0.1, 0.15) is 5.75 Å². The number of hydrogen-bond donors (Lipinski definition) is 1. The minimum Gasteiger partial charge on any atom is -0.496 e. The number of pyridine rings is 1. The summed E-state index contributed by atoms with van der Waals surface area (Å²) >= 11 is 0. The van der Waals surface area contributed by atoms with E-state index in [1.54, 1.807) is 31.6 Å². The number of nitrogens with zero attached hydrogens (tertiary/aromatic N) is 2. The minimum atomic E-state index is -0.0462. The smallest absolute Gasteiger partial charge is 0.252 e. The van der Waals surface area contributed by atoms with Gasteiger partial charge < -0.3 is 15.0 Å². The SMILES string of the molecule is COc1ccc(C)cc1CCC1CCN(CCNC(=O)c2cccnc2)CC1. The van der Waals surface area contributed by atoms with Crippen molar-refractivity contribution in [3.63, 3.8) is 0 Å². The summed E-state index contributed by atoms with van der Waals surface area (Å²) in [5, 5.41) is 2.99. The molecule has 1 aromatic carbocycles. The zero-order valence-electron chi connectivity index (χ0n) is 17.0. The van der Waals surface area contributed by atoms with Gasteiger partial charge in [-0.25, -0.2) is 0 Å². The molecule has 1 aliphatic heterocycles. The van der Waals surface area contributed by atoms with Gasteiger partial charge in [0.15, 0.2) is 0 Å². The maximum Gasteiger partial charge on any atom is 0.252 e. The minimum absolute atomic E-state index is 0.0462. The Morgan fingerprint density at radius 2 is 2.11 bits per heavy atom. The van der Waals surface area contributed by atoms with Gasteiger partial charge in [0, 0.05) is 25.5 Å². The summed E-state index contributed by atoms with van der Waals surface area (Å²) in [6.45, 7) is 5.94. The van der Waals surface area contributed by atoms with Crippen molar-refractivity contribution in [2.75, 3.05) is 33.3 Å². The number of carbonyl (C=O) groups excluding carboxylic acids is 1. The number of likely N-dealkylation sites (tertiary alicyclic amines) is 1. The molecular weight excluding hydrogens is 350 g/mol. The van der Waals surface area contributed by atoms with E-state index in [1.165, 1.54) is 30.4 Å². The molecule has 1 aromatic heterocycles. The van der Waals surface area contributed by atoms with Crippen molar-refractivity contribution in [2.24, 2.45) is 5.92 Å². The molecule has 150 valence electrons. The normalized spacial score (nSPS) is 15.4. The second-order valence-corrected chi connectivity index (χ2v) is 7.64. The van der Waals surface area contributed by atoms with Crippen molar-refractivity contribution >= 4 is 5.91 Å². The van der Waals surface area contributed by atoms with Crippen molar-refractivity contribution in [3.8, 4) is 5.75 Å². The van der Waals surface area contributed by atoms with Gasteiger partial charge in [-0.1, -0.05) is 17.7 Å². The van der Waals surface area contributed by atoms with Crippen molar-refractivity contribution in [1.82, 2.24) is 15.2 Å². The largest absolute Gasteiger partial charge is 0.496 e. The first-order valence-corrected chi connectivity index (χ1v) is 10.2. The van der Waals surface area contributed by atoms with Crippen molar-refractivity contribution < 1.29 is 9.53 Å². The average Bonchev–Trinajstić information content (AvgIpc) is 2.74. The Bertz CT molecular complexity index is 756. The van der Waals surface area contributed by atoms with E-state index in [9.17, 15) is 4.79 Å². The number of hydrogen-bond acceptors (Lipinski definition) is 4. The first-order chi connectivity index (χ1) is 13.7. The third-order valence-corrected chi connectivity index (χ3v) is 5.60. The summed E-state index contributed by atoms with van der Waals surface area (Å²) in [6.07, 6.45) is 8.03. The average molecular weight is 382 g/mol. The van der Waals surface area contributed by atoms with Crippen LogP contribution in [0.15, 0.2) is 42.7 Å². The van der Waals surface area contributed by atoms with Crippen LogP contribution in [0.25, 0.3) is 0 Å². The van der Waals surface area contributed by atoms with E-state index in [1.807, 2.05) is 0 Å². The Hall–Kier alpha value is -2.40. The predicted molar refractivity (Wildman–Crippen MR) is 112 cm³/mol. The highest BCUT2D eigenvalue weighted by Crippen LogP contribution is 2.26. The van der Waals surface area contributed by atoms with Gasteiger partial charge in [0.25, 0.3) is 5.91 Å². The maximum absolute atomic E-state index is 12.1. The van der Waals surface area contributed by atoms with Gasteiger partial charge in [-0.3, -0.25) is 9.78 Å². The lowest BCUT2D eigenvalue weighted by molar-refractivity contribution is 0.0943. The van der Waals surface area contributed by atoms with E-state index in [-0.39, 0.29) is 5.91 Å². The standard InChI is InChI=1S/C23H31N3O2/c1-18-5-8-22(28-2)20(16-18)7-6-19-9-13-26(14-10-19)15-12-25-23(27)21-4-3-11-24-17-21/h3-5,8,11,16-17,19H,6-7,9-10,12-15H2,1-2H3,(H,25,27). The molecule has 5 heteroatoms.